The van der Waals surface area contributed by atoms with Gasteiger partial charge in [-0.25, -0.2) is 9.97 Å². The summed E-state index contributed by atoms with van der Waals surface area (Å²) in [5.74, 6) is 0. The molecule has 74 heavy (non-hydrogen) atoms. The second kappa shape index (κ2) is 18.0. The molecule has 0 atom stereocenters. The molecule has 0 aliphatic rings. The van der Waals surface area contributed by atoms with Gasteiger partial charge in [-0.15, -0.1) is 0 Å². The molecule has 6 aromatic heterocycles. The summed E-state index contributed by atoms with van der Waals surface area (Å²) in [6.45, 7) is 0. The molecule has 0 N–H and O–H groups in total. The van der Waals surface area contributed by atoms with E-state index in [4.69, 9.17) is 29.9 Å². The van der Waals surface area contributed by atoms with Gasteiger partial charge < -0.3 is 0 Å². The van der Waals surface area contributed by atoms with E-state index in [1.54, 1.807) is 0 Å². The molecule has 0 fully saturated rings. The van der Waals surface area contributed by atoms with E-state index in [1.807, 2.05) is 97.6 Å². The maximum absolute atomic E-state index is 5.08. The first kappa shape index (κ1) is 42.8. The molecule has 14 aromatic rings. The summed E-state index contributed by atoms with van der Waals surface area (Å²) in [6, 6.07) is 81.7. The molecule has 14 rings (SSSR count). The van der Waals surface area contributed by atoms with Crippen LogP contribution in [0, 0.1) is 0 Å². The van der Waals surface area contributed by atoms with Crippen LogP contribution in [0.3, 0.4) is 0 Å². The lowest BCUT2D eigenvalue weighted by molar-refractivity contribution is 1.22. The van der Waals surface area contributed by atoms with Crippen LogP contribution in [-0.4, -0.2) is 29.9 Å². The Kier molecular flexibility index (Phi) is 10.4. The van der Waals surface area contributed by atoms with Gasteiger partial charge in [0.1, 0.15) is 0 Å². The van der Waals surface area contributed by atoms with Crippen LogP contribution in [-0.2, 0) is 0 Å². The fraction of sp³-hybridized carbons (Fsp3) is 0. The number of hydrogen-bond acceptors (Lipinski definition) is 6. The summed E-state index contributed by atoms with van der Waals surface area (Å²) in [4.78, 5) is 28.9. The second-order valence-electron chi connectivity index (χ2n) is 18.6. The molecule has 0 saturated heterocycles. The maximum atomic E-state index is 5.08. The fourth-order valence-corrected chi connectivity index (χ4v) is 10.9. The van der Waals surface area contributed by atoms with Crippen molar-refractivity contribution in [1.29, 1.82) is 0 Å². The standard InChI is InChI=1S/C68H42N6/c1-3-19-49-47(17-1)45(43-37-65(61-25-9-13-33-69-61)73-66(38-43)62-26-10-14-34-70-62)29-31-55(49)57-41-59-54-24-8-6-22-52(54)58(42-60(59)53-23-7-5-21-51(53)57)56-32-30-46(48-18-2-4-20-50(48)56)44-39-67(63-27-11-15-35-71-63)74-68(40-44)64-28-12-16-36-72-64/h1-42H. The Morgan fingerprint density at radius 3 is 0.730 bits per heavy atom. The van der Waals surface area contributed by atoms with Gasteiger partial charge in [0.25, 0.3) is 0 Å². The molecule has 6 heteroatoms. The van der Waals surface area contributed by atoms with Gasteiger partial charge in [0.2, 0.25) is 0 Å². The summed E-state index contributed by atoms with van der Waals surface area (Å²) < 4.78 is 0. The topological polar surface area (TPSA) is 77.3 Å². The number of benzene rings is 8. The van der Waals surface area contributed by atoms with E-state index in [9.17, 15) is 0 Å². The van der Waals surface area contributed by atoms with E-state index in [1.165, 1.54) is 65.3 Å². The van der Waals surface area contributed by atoms with Gasteiger partial charge in [0.05, 0.1) is 45.6 Å². The summed E-state index contributed by atoms with van der Waals surface area (Å²) >= 11 is 0. The Morgan fingerprint density at radius 1 is 0.176 bits per heavy atom. The van der Waals surface area contributed by atoms with Crippen LogP contribution >= 0.6 is 0 Å². The van der Waals surface area contributed by atoms with Crippen molar-refractivity contribution < 1.29 is 0 Å². The van der Waals surface area contributed by atoms with E-state index < -0.39 is 0 Å². The molecule has 0 unspecified atom stereocenters. The molecular formula is C68H42N6. The first-order chi connectivity index (χ1) is 36.7. The third-order valence-electron chi connectivity index (χ3n) is 14.3. The molecular weight excluding hydrogens is 901 g/mol. The number of fused-ring (bicyclic) bond motifs is 7. The lowest BCUT2D eigenvalue weighted by atomic mass is 9.84. The third kappa shape index (κ3) is 7.44. The molecule has 0 spiro atoms. The highest BCUT2D eigenvalue weighted by Crippen LogP contribution is 2.47. The minimum Gasteiger partial charge on any atom is -0.255 e. The van der Waals surface area contributed by atoms with Crippen molar-refractivity contribution in [2.45, 2.75) is 0 Å². The average molecular weight is 943 g/mol. The Bertz CT molecular complexity index is 4060. The quantitative estimate of drug-likeness (QED) is 0.141. The van der Waals surface area contributed by atoms with Crippen LogP contribution in [0.5, 0.6) is 0 Å². The highest BCUT2D eigenvalue weighted by Gasteiger charge is 2.20. The molecule has 0 radical (unpaired) electrons. The average Bonchev–Trinajstić information content (AvgIpc) is 3.50. The Balaban J connectivity index is 0.945. The lowest BCUT2D eigenvalue weighted by Gasteiger charge is -2.19. The predicted octanol–water partition coefficient (Wildman–Crippen LogP) is 17.2. The van der Waals surface area contributed by atoms with Crippen LogP contribution in [0.4, 0.5) is 0 Å². The van der Waals surface area contributed by atoms with Crippen molar-refractivity contribution in [3.8, 4) is 90.1 Å². The van der Waals surface area contributed by atoms with Gasteiger partial charge in [0.15, 0.2) is 0 Å². The second-order valence-corrected chi connectivity index (χ2v) is 18.6. The van der Waals surface area contributed by atoms with Crippen molar-refractivity contribution in [1.82, 2.24) is 29.9 Å². The van der Waals surface area contributed by atoms with Crippen molar-refractivity contribution in [2.75, 3.05) is 0 Å². The number of hydrogen-bond donors (Lipinski definition) is 0. The zero-order valence-electron chi connectivity index (χ0n) is 39.9. The highest BCUT2D eigenvalue weighted by atomic mass is 14.8. The Hall–Kier alpha value is -10.0. The summed E-state index contributed by atoms with van der Waals surface area (Å²) in [5.41, 5.74) is 15.5. The predicted molar refractivity (Wildman–Crippen MR) is 304 cm³/mol. The highest BCUT2D eigenvalue weighted by molar-refractivity contribution is 6.26. The monoisotopic (exact) mass is 942 g/mol. The van der Waals surface area contributed by atoms with Gasteiger partial charge in [-0.05, 0) is 183 Å². The molecule has 0 saturated carbocycles. The minimum atomic E-state index is 0.798. The lowest BCUT2D eigenvalue weighted by Crippen LogP contribution is -1.95. The van der Waals surface area contributed by atoms with Crippen molar-refractivity contribution >= 4 is 53.9 Å². The first-order valence-electron chi connectivity index (χ1n) is 24.8. The van der Waals surface area contributed by atoms with E-state index in [2.05, 4.69) is 158 Å². The van der Waals surface area contributed by atoms with Crippen LogP contribution in [0.2, 0.25) is 0 Å². The summed E-state index contributed by atoms with van der Waals surface area (Å²) in [6.07, 6.45) is 7.26. The molecule has 0 amide bonds. The van der Waals surface area contributed by atoms with Gasteiger partial charge in [-0.3, -0.25) is 19.9 Å². The molecule has 344 valence electrons. The van der Waals surface area contributed by atoms with Crippen LogP contribution in [0.15, 0.2) is 255 Å². The number of pyridine rings is 6. The molecule has 8 aromatic carbocycles. The normalized spacial score (nSPS) is 11.5. The third-order valence-corrected chi connectivity index (χ3v) is 14.3. The molecule has 6 nitrogen and oxygen atoms in total. The molecule has 0 aliphatic heterocycles. The molecule has 0 aliphatic carbocycles. The number of aromatic nitrogens is 6. The van der Waals surface area contributed by atoms with Crippen LogP contribution in [0.1, 0.15) is 0 Å². The Labute approximate surface area is 427 Å². The first-order valence-corrected chi connectivity index (χ1v) is 24.8. The minimum absolute atomic E-state index is 0.798. The van der Waals surface area contributed by atoms with E-state index >= 15 is 0 Å². The zero-order valence-corrected chi connectivity index (χ0v) is 39.9. The van der Waals surface area contributed by atoms with E-state index in [0.29, 0.717) is 0 Å². The smallest absolute Gasteiger partial charge is 0.0900 e. The van der Waals surface area contributed by atoms with Gasteiger partial charge in [0, 0.05) is 24.8 Å². The maximum Gasteiger partial charge on any atom is 0.0900 e. The van der Waals surface area contributed by atoms with Crippen LogP contribution < -0.4 is 0 Å². The SMILES string of the molecule is c1ccc(-c2cc(-c3ccc(-c4cc5c6ccccc6c(-c6ccc(-c7cc(-c8ccccn8)nc(-c8ccccn8)c7)c7ccccc67)cc5c5ccccc45)c4ccccc34)cc(-c3ccccn3)n2)nc1. The van der Waals surface area contributed by atoms with E-state index in [-0.39, 0.29) is 0 Å². The van der Waals surface area contributed by atoms with E-state index in [0.717, 1.165) is 78.6 Å². The van der Waals surface area contributed by atoms with Gasteiger partial charge >= 0.3 is 0 Å². The largest absolute Gasteiger partial charge is 0.255 e. The van der Waals surface area contributed by atoms with Crippen molar-refractivity contribution in [2.24, 2.45) is 0 Å². The Morgan fingerprint density at radius 2 is 0.432 bits per heavy atom. The van der Waals surface area contributed by atoms with Gasteiger partial charge in [-0.2, -0.15) is 0 Å². The molecule has 6 heterocycles. The van der Waals surface area contributed by atoms with Crippen LogP contribution in [0.25, 0.3) is 144 Å². The van der Waals surface area contributed by atoms with Crippen molar-refractivity contribution in [3.63, 3.8) is 0 Å². The fourth-order valence-electron chi connectivity index (χ4n) is 10.9. The van der Waals surface area contributed by atoms with Crippen molar-refractivity contribution in [3.05, 3.63) is 255 Å². The number of rotatable bonds is 8. The number of nitrogens with zero attached hydrogens (tertiary/aromatic N) is 6. The van der Waals surface area contributed by atoms with Gasteiger partial charge in [-0.1, -0.05) is 146 Å². The molecule has 0 bridgehead atoms. The zero-order chi connectivity index (χ0) is 49.0. The summed E-state index contributed by atoms with van der Waals surface area (Å²) in [7, 11) is 0. The summed E-state index contributed by atoms with van der Waals surface area (Å²) in [5, 5.41) is 11.9.